The van der Waals surface area contributed by atoms with Gasteiger partial charge in [-0.3, -0.25) is 14.4 Å². The predicted octanol–water partition coefficient (Wildman–Crippen LogP) is 5.29. The third kappa shape index (κ3) is 3.86. The van der Waals surface area contributed by atoms with Gasteiger partial charge in [0.05, 0.1) is 34.0 Å². The Bertz CT molecular complexity index is 1410. The van der Waals surface area contributed by atoms with Gasteiger partial charge in [0.1, 0.15) is 5.76 Å². The van der Waals surface area contributed by atoms with E-state index in [1.54, 1.807) is 37.3 Å². The van der Waals surface area contributed by atoms with Crippen molar-refractivity contribution in [3.8, 4) is 11.5 Å². The second kappa shape index (κ2) is 8.61. The van der Waals surface area contributed by atoms with Crippen LogP contribution in [0.25, 0.3) is 11.5 Å². The summed E-state index contributed by atoms with van der Waals surface area (Å²) < 4.78 is 5.71. The monoisotopic (exact) mass is 471 g/mol. The van der Waals surface area contributed by atoms with Gasteiger partial charge < -0.3 is 9.73 Å². The molecule has 0 radical (unpaired) electrons. The molecule has 5 rings (SSSR count). The van der Waals surface area contributed by atoms with E-state index in [4.69, 9.17) is 16.0 Å². The number of hydrogen-bond acceptors (Lipinski definition) is 5. The average Bonchev–Trinajstić information content (AvgIpc) is 3.32. The standard InChI is InChI=1S/C26H18ClN3O4/c1-15-21(29-24(34-15)16-7-3-2-4-8-16)14-23(31)28-17-11-12-22(20(27)13-17)30-25(32)18-9-5-6-10-19(18)26(30)33/h2-13H,14H2,1H3,(H,28,31). The summed E-state index contributed by atoms with van der Waals surface area (Å²) in [6.07, 6.45) is 0.0138. The van der Waals surface area contributed by atoms with Gasteiger partial charge in [-0.15, -0.1) is 0 Å². The second-order valence-corrected chi connectivity index (χ2v) is 8.18. The minimum absolute atomic E-state index is 0.0138. The molecule has 3 aromatic carbocycles. The molecule has 2 heterocycles. The van der Waals surface area contributed by atoms with Crippen LogP contribution < -0.4 is 10.2 Å². The fourth-order valence-corrected chi connectivity index (χ4v) is 4.09. The number of carbonyl (C=O) groups excluding carboxylic acids is 3. The van der Waals surface area contributed by atoms with E-state index in [9.17, 15) is 14.4 Å². The van der Waals surface area contributed by atoms with Crippen LogP contribution in [0.15, 0.2) is 77.2 Å². The van der Waals surface area contributed by atoms with Crippen molar-refractivity contribution in [2.75, 3.05) is 10.2 Å². The minimum atomic E-state index is -0.435. The number of nitrogens with one attached hydrogen (secondary N) is 1. The molecule has 0 atom stereocenters. The number of amides is 3. The van der Waals surface area contributed by atoms with Gasteiger partial charge in [-0.25, -0.2) is 9.88 Å². The molecule has 1 aliphatic heterocycles. The number of aromatic nitrogens is 1. The van der Waals surface area contributed by atoms with Gasteiger partial charge in [0, 0.05) is 11.3 Å². The summed E-state index contributed by atoms with van der Waals surface area (Å²) in [7, 11) is 0. The average molecular weight is 472 g/mol. The van der Waals surface area contributed by atoms with Crippen LogP contribution in [0.3, 0.4) is 0 Å². The number of benzene rings is 3. The Morgan fingerprint density at radius 2 is 1.62 bits per heavy atom. The molecule has 1 N–H and O–H groups in total. The molecule has 0 spiro atoms. The number of aryl methyl sites for hydroxylation is 1. The second-order valence-electron chi connectivity index (χ2n) is 7.77. The number of carbonyl (C=O) groups is 3. The molecule has 1 aromatic heterocycles. The molecule has 7 nitrogen and oxygen atoms in total. The highest BCUT2D eigenvalue weighted by molar-refractivity contribution is 6.40. The van der Waals surface area contributed by atoms with Gasteiger partial charge in [-0.2, -0.15) is 0 Å². The summed E-state index contributed by atoms with van der Waals surface area (Å²) in [5.74, 6) is -0.159. The quantitative estimate of drug-likeness (QED) is 0.399. The highest BCUT2D eigenvalue weighted by Crippen LogP contribution is 2.35. The molecule has 34 heavy (non-hydrogen) atoms. The first kappa shape index (κ1) is 21.6. The van der Waals surface area contributed by atoms with Crippen molar-refractivity contribution in [1.29, 1.82) is 0 Å². The first-order valence-corrected chi connectivity index (χ1v) is 10.9. The molecular weight excluding hydrogens is 454 g/mol. The van der Waals surface area contributed by atoms with Crippen molar-refractivity contribution >= 4 is 40.7 Å². The van der Waals surface area contributed by atoms with E-state index in [0.717, 1.165) is 10.5 Å². The van der Waals surface area contributed by atoms with Crippen molar-refractivity contribution in [3.63, 3.8) is 0 Å². The number of anilines is 2. The molecule has 168 valence electrons. The van der Waals surface area contributed by atoms with Crippen LogP contribution in [0.4, 0.5) is 11.4 Å². The molecule has 0 unspecified atom stereocenters. The summed E-state index contributed by atoms with van der Waals surface area (Å²) in [5.41, 5.74) is 2.71. The molecule has 4 aromatic rings. The van der Waals surface area contributed by atoms with Crippen molar-refractivity contribution < 1.29 is 18.8 Å². The van der Waals surface area contributed by atoms with E-state index in [-0.39, 0.29) is 23.0 Å². The molecule has 0 saturated heterocycles. The van der Waals surface area contributed by atoms with Gasteiger partial charge >= 0.3 is 0 Å². The predicted molar refractivity (Wildman–Crippen MR) is 128 cm³/mol. The third-order valence-electron chi connectivity index (χ3n) is 5.51. The summed E-state index contributed by atoms with van der Waals surface area (Å²) in [6.45, 7) is 1.76. The minimum Gasteiger partial charge on any atom is -0.441 e. The van der Waals surface area contributed by atoms with Gasteiger partial charge in [0.15, 0.2) is 0 Å². The Hall–Kier alpha value is -4.23. The number of fused-ring (bicyclic) bond motifs is 1. The number of imide groups is 1. The van der Waals surface area contributed by atoms with Crippen molar-refractivity contribution in [2.45, 2.75) is 13.3 Å². The van der Waals surface area contributed by atoms with Crippen LogP contribution in [-0.2, 0) is 11.2 Å². The molecule has 0 aliphatic carbocycles. The van der Waals surface area contributed by atoms with Gasteiger partial charge in [0.2, 0.25) is 11.8 Å². The zero-order valence-electron chi connectivity index (χ0n) is 18.0. The zero-order chi connectivity index (χ0) is 23.8. The summed E-state index contributed by atoms with van der Waals surface area (Å²) in [6, 6.07) is 20.7. The maximum atomic E-state index is 12.7. The normalized spacial score (nSPS) is 12.7. The topological polar surface area (TPSA) is 92.5 Å². The van der Waals surface area contributed by atoms with E-state index in [2.05, 4.69) is 10.3 Å². The SMILES string of the molecule is Cc1oc(-c2ccccc2)nc1CC(=O)Nc1ccc(N2C(=O)c3ccccc3C2=O)c(Cl)c1. The molecular formula is C26H18ClN3O4. The van der Waals surface area contributed by atoms with E-state index >= 15 is 0 Å². The lowest BCUT2D eigenvalue weighted by molar-refractivity contribution is -0.115. The van der Waals surface area contributed by atoms with Crippen LogP contribution in [0, 0.1) is 6.92 Å². The lowest BCUT2D eigenvalue weighted by Gasteiger charge is -2.16. The smallest absolute Gasteiger partial charge is 0.266 e. The lowest BCUT2D eigenvalue weighted by Crippen LogP contribution is -2.29. The molecule has 3 amide bonds. The first-order chi connectivity index (χ1) is 16.4. The first-order valence-electron chi connectivity index (χ1n) is 10.5. The number of nitrogens with zero attached hydrogens (tertiary/aromatic N) is 2. The Labute approximate surface area is 200 Å². The maximum Gasteiger partial charge on any atom is 0.266 e. The molecule has 1 aliphatic rings. The largest absolute Gasteiger partial charge is 0.441 e. The Balaban J connectivity index is 1.31. The highest BCUT2D eigenvalue weighted by Gasteiger charge is 2.37. The van der Waals surface area contributed by atoms with Gasteiger partial charge in [0.25, 0.3) is 11.8 Å². The summed E-state index contributed by atoms with van der Waals surface area (Å²) >= 11 is 6.40. The van der Waals surface area contributed by atoms with Crippen LogP contribution >= 0.6 is 11.6 Å². The van der Waals surface area contributed by atoms with Crippen LogP contribution in [0.5, 0.6) is 0 Å². The van der Waals surface area contributed by atoms with Crippen LogP contribution in [0.1, 0.15) is 32.2 Å². The summed E-state index contributed by atoms with van der Waals surface area (Å²) in [4.78, 5) is 43.6. The van der Waals surface area contributed by atoms with Crippen molar-refractivity contribution in [2.24, 2.45) is 0 Å². The van der Waals surface area contributed by atoms with E-state index in [1.807, 2.05) is 30.3 Å². The maximum absolute atomic E-state index is 12.7. The number of rotatable bonds is 5. The van der Waals surface area contributed by atoms with E-state index in [1.165, 1.54) is 12.1 Å². The molecule has 0 bridgehead atoms. The third-order valence-corrected chi connectivity index (χ3v) is 5.81. The number of halogens is 1. The fraction of sp³-hybridized carbons (Fsp3) is 0.0769. The van der Waals surface area contributed by atoms with E-state index in [0.29, 0.717) is 34.2 Å². The van der Waals surface area contributed by atoms with Gasteiger partial charge in [-0.1, -0.05) is 41.9 Å². The van der Waals surface area contributed by atoms with Gasteiger partial charge in [-0.05, 0) is 49.4 Å². The highest BCUT2D eigenvalue weighted by atomic mass is 35.5. The molecule has 0 fully saturated rings. The Kier molecular flexibility index (Phi) is 5.47. The lowest BCUT2D eigenvalue weighted by atomic mass is 10.1. The summed E-state index contributed by atoms with van der Waals surface area (Å²) in [5, 5.41) is 2.93. The van der Waals surface area contributed by atoms with Crippen LogP contribution in [-0.4, -0.2) is 22.7 Å². The molecule has 0 saturated carbocycles. The number of hydrogen-bond donors (Lipinski definition) is 1. The zero-order valence-corrected chi connectivity index (χ0v) is 18.8. The Morgan fingerprint density at radius 1 is 0.971 bits per heavy atom. The van der Waals surface area contributed by atoms with Crippen molar-refractivity contribution in [3.05, 3.63) is 100 Å². The van der Waals surface area contributed by atoms with Crippen LogP contribution in [0.2, 0.25) is 5.02 Å². The number of oxazole rings is 1. The fourth-order valence-electron chi connectivity index (χ4n) is 3.83. The van der Waals surface area contributed by atoms with E-state index < -0.39 is 11.8 Å². The molecule has 8 heteroatoms. The Morgan fingerprint density at radius 3 is 2.26 bits per heavy atom. The van der Waals surface area contributed by atoms with Crippen molar-refractivity contribution in [1.82, 2.24) is 4.98 Å².